The van der Waals surface area contributed by atoms with Crippen molar-refractivity contribution in [2.24, 2.45) is 5.73 Å². The van der Waals surface area contributed by atoms with Gasteiger partial charge in [-0.15, -0.1) is 10.2 Å². The average molecular weight is 307 g/mol. The van der Waals surface area contributed by atoms with Crippen molar-refractivity contribution >= 4 is 32.4 Å². The fraction of sp³-hybridized carbons (Fsp3) is 0.667. The number of amides is 1. The minimum Gasteiger partial charge on any atom is -0.328 e. The van der Waals surface area contributed by atoms with E-state index in [4.69, 9.17) is 5.73 Å². The van der Waals surface area contributed by atoms with Gasteiger partial charge in [-0.1, -0.05) is 11.3 Å². The minimum atomic E-state index is -3.67. The van der Waals surface area contributed by atoms with E-state index in [0.29, 0.717) is 13.0 Å². The number of rotatable bonds is 7. The Morgan fingerprint density at radius 3 is 2.74 bits per heavy atom. The normalized spacial score (nSPS) is 13.2. The van der Waals surface area contributed by atoms with Crippen LogP contribution in [0.15, 0.2) is 4.34 Å². The van der Waals surface area contributed by atoms with Gasteiger partial charge in [-0.25, -0.2) is 13.1 Å². The van der Waals surface area contributed by atoms with Crippen LogP contribution in [0.2, 0.25) is 0 Å². The lowest BCUT2D eigenvalue weighted by Crippen LogP contribution is -2.26. The molecule has 1 amide bonds. The van der Waals surface area contributed by atoms with Gasteiger partial charge in [-0.2, -0.15) is 0 Å². The highest BCUT2D eigenvalue weighted by atomic mass is 32.2. The van der Waals surface area contributed by atoms with Crippen LogP contribution in [0.25, 0.3) is 0 Å². The number of aromatic nitrogens is 2. The van der Waals surface area contributed by atoms with Crippen molar-refractivity contribution in [1.82, 2.24) is 14.9 Å². The summed E-state index contributed by atoms with van der Waals surface area (Å²) in [5.41, 5.74) is 5.57. The molecule has 0 aliphatic carbocycles. The van der Waals surface area contributed by atoms with Crippen LogP contribution < -0.4 is 15.8 Å². The van der Waals surface area contributed by atoms with Gasteiger partial charge in [0.05, 0.1) is 0 Å². The number of carbonyl (C=O) groups excluding carboxylic acids is 1. The van der Waals surface area contributed by atoms with Crippen LogP contribution in [0.5, 0.6) is 0 Å². The first kappa shape index (κ1) is 16.0. The lowest BCUT2D eigenvalue weighted by atomic mass is 10.2. The van der Waals surface area contributed by atoms with Gasteiger partial charge >= 0.3 is 0 Å². The Bertz CT molecular complexity index is 526. The molecule has 1 aromatic heterocycles. The predicted octanol–water partition coefficient (Wildman–Crippen LogP) is -0.0978. The highest BCUT2D eigenvalue weighted by Crippen LogP contribution is 2.19. The molecule has 0 saturated heterocycles. The molecule has 0 saturated carbocycles. The number of hydrogen-bond acceptors (Lipinski definition) is 7. The molecule has 19 heavy (non-hydrogen) atoms. The zero-order chi connectivity index (χ0) is 14.5. The molecule has 4 N–H and O–H groups in total. The lowest BCUT2D eigenvalue weighted by Gasteiger charge is -2.05. The topological polar surface area (TPSA) is 127 Å². The van der Waals surface area contributed by atoms with Gasteiger partial charge in [0.1, 0.15) is 0 Å². The van der Waals surface area contributed by atoms with Gasteiger partial charge in [0.2, 0.25) is 15.4 Å². The van der Waals surface area contributed by atoms with E-state index in [-0.39, 0.29) is 21.4 Å². The van der Waals surface area contributed by atoms with Gasteiger partial charge in [0, 0.05) is 19.5 Å². The second-order valence-corrected chi connectivity index (χ2v) is 6.99. The quantitative estimate of drug-likeness (QED) is 0.477. The van der Waals surface area contributed by atoms with Crippen molar-refractivity contribution in [2.45, 2.75) is 37.1 Å². The molecule has 0 bridgehead atoms. The van der Waals surface area contributed by atoms with Crippen molar-refractivity contribution in [3.63, 3.8) is 0 Å². The number of nitrogens with two attached hydrogens (primary N) is 1. The van der Waals surface area contributed by atoms with E-state index < -0.39 is 10.0 Å². The third-order valence-corrected chi connectivity index (χ3v) is 4.71. The summed E-state index contributed by atoms with van der Waals surface area (Å²) in [6, 6.07) is 0.0393. The Hall–Kier alpha value is -1.10. The highest BCUT2D eigenvalue weighted by Gasteiger charge is 2.19. The van der Waals surface area contributed by atoms with Crippen LogP contribution in [0.1, 0.15) is 26.7 Å². The molecule has 1 heterocycles. The highest BCUT2D eigenvalue weighted by molar-refractivity contribution is 7.91. The van der Waals surface area contributed by atoms with Crippen LogP contribution in [-0.4, -0.2) is 37.1 Å². The molecule has 0 aliphatic heterocycles. The molecule has 0 radical (unpaired) electrons. The zero-order valence-corrected chi connectivity index (χ0v) is 12.3. The number of sulfonamides is 1. The smallest absolute Gasteiger partial charge is 0.269 e. The zero-order valence-electron chi connectivity index (χ0n) is 10.7. The fourth-order valence-electron chi connectivity index (χ4n) is 1.21. The first-order valence-electron chi connectivity index (χ1n) is 5.67. The van der Waals surface area contributed by atoms with E-state index in [1.165, 1.54) is 6.92 Å². The summed E-state index contributed by atoms with van der Waals surface area (Å²) in [4.78, 5) is 10.8. The number of carbonyl (C=O) groups is 1. The second kappa shape index (κ2) is 6.89. The number of nitrogens with one attached hydrogen (secondary N) is 2. The van der Waals surface area contributed by atoms with Gasteiger partial charge in [-0.05, 0) is 19.8 Å². The summed E-state index contributed by atoms with van der Waals surface area (Å²) in [5.74, 6) is -0.329. The van der Waals surface area contributed by atoms with E-state index in [1.54, 1.807) is 0 Å². The maximum absolute atomic E-state index is 11.8. The number of anilines is 1. The molecule has 8 nitrogen and oxygen atoms in total. The molecule has 0 aliphatic rings. The molecule has 10 heteroatoms. The third kappa shape index (κ3) is 5.59. The van der Waals surface area contributed by atoms with Crippen molar-refractivity contribution < 1.29 is 13.2 Å². The van der Waals surface area contributed by atoms with Gasteiger partial charge < -0.3 is 11.1 Å². The summed E-state index contributed by atoms with van der Waals surface area (Å²) < 4.78 is 25.9. The Labute approximate surface area is 115 Å². The molecule has 1 unspecified atom stereocenters. The second-order valence-electron chi connectivity index (χ2n) is 4.07. The monoisotopic (exact) mass is 307 g/mol. The summed E-state index contributed by atoms with van der Waals surface area (Å²) in [6.45, 7) is 3.46. The van der Waals surface area contributed by atoms with Crippen LogP contribution >= 0.6 is 11.3 Å². The lowest BCUT2D eigenvalue weighted by molar-refractivity contribution is -0.114. The van der Waals surface area contributed by atoms with Crippen molar-refractivity contribution in [1.29, 1.82) is 0 Å². The molecule has 0 aromatic carbocycles. The van der Waals surface area contributed by atoms with Crippen LogP contribution in [-0.2, 0) is 14.8 Å². The van der Waals surface area contributed by atoms with Gasteiger partial charge in [0.15, 0.2) is 0 Å². The number of hydrogen-bond donors (Lipinski definition) is 3. The molecule has 0 spiro atoms. The summed E-state index contributed by atoms with van der Waals surface area (Å²) >= 11 is 0.803. The van der Waals surface area contributed by atoms with E-state index in [9.17, 15) is 13.2 Å². The number of nitrogens with zero attached hydrogens (tertiary/aromatic N) is 2. The summed E-state index contributed by atoms with van der Waals surface area (Å²) in [6.07, 6.45) is 1.38. The molecule has 0 fully saturated rings. The maximum atomic E-state index is 11.8. The standard InChI is InChI=1S/C9H17N5O3S2/c1-6(10)4-3-5-11-19(16,17)9-14-13-8(18-9)12-7(2)15/h6,11H,3-5,10H2,1-2H3,(H,12,13,15). The van der Waals surface area contributed by atoms with Crippen LogP contribution in [0.3, 0.4) is 0 Å². The van der Waals surface area contributed by atoms with E-state index in [0.717, 1.165) is 17.8 Å². The fourth-order valence-corrected chi connectivity index (χ4v) is 3.27. The van der Waals surface area contributed by atoms with Crippen molar-refractivity contribution in [3.05, 3.63) is 0 Å². The average Bonchev–Trinajstić information content (AvgIpc) is 2.72. The molecule has 1 rings (SSSR count). The SMILES string of the molecule is CC(=O)Nc1nnc(S(=O)(=O)NCCCC(C)N)s1. The molecule has 1 atom stereocenters. The van der Waals surface area contributed by atoms with Crippen molar-refractivity contribution in [2.75, 3.05) is 11.9 Å². The van der Waals surface area contributed by atoms with E-state index in [1.807, 2.05) is 6.92 Å². The molecule has 108 valence electrons. The third-order valence-electron chi connectivity index (χ3n) is 2.05. The van der Waals surface area contributed by atoms with Crippen LogP contribution in [0, 0.1) is 0 Å². The van der Waals surface area contributed by atoms with E-state index >= 15 is 0 Å². The Morgan fingerprint density at radius 2 is 2.16 bits per heavy atom. The van der Waals surface area contributed by atoms with Gasteiger partial charge in [-0.3, -0.25) is 4.79 Å². The molecular weight excluding hydrogens is 290 g/mol. The molecular formula is C9H17N5O3S2. The van der Waals surface area contributed by atoms with E-state index in [2.05, 4.69) is 20.2 Å². The summed E-state index contributed by atoms with van der Waals surface area (Å²) in [5, 5.41) is 9.64. The van der Waals surface area contributed by atoms with Crippen molar-refractivity contribution in [3.8, 4) is 0 Å². The minimum absolute atomic E-state index is 0.0393. The Morgan fingerprint density at radius 1 is 1.47 bits per heavy atom. The Kier molecular flexibility index (Phi) is 5.79. The van der Waals surface area contributed by atoms with Crippen LogP contribution in [0.4, 0.5) is 5.13 Å². The maximum Gasteiger partial charge on any atom is 0.269 e. The largest absolute Gasteiger partial charge is 0.328 e. The summed E-state index contributed by atoms with van der Waals surface area (Å²) in [7, 11) is -3.67. The van der Waals surface area contributed by atoms with Gasteiger partial charge in [0.25, 0.3) is 10.0 Å². The predicted molar refractivity (Wildman–Crippen MR) is 72.3 cm³/mol. The Balaban J connectivity index is 2.57. The first-order valence-corrected chi connectivity index (χ1v) is 7.97. The molecule has 1 aromatic rings. The first-order chi connectivity index (χ1) is 8.81.